The third kappa shape index (κ3) is 4.59. The molecule has 1 saturated heterocycles. The molecular weight excluding hydrogens is 386 g/mol. The van der Waals surface area contributed by atoms with E-state index in [1.54, 1.807) is 18.3 Å². The fourth-order valence-corrected chi connectivity index (χ4v) is 3.87. The van der Waals surface area contributed by atoms with Crippen LogP contribution >= 0.6 is 0 Å². The quantitative estimate of drug-likeness (QED) is 0.614. The number of nitrogens with one attached hydrogen (secondary N) is 2. The van der Waals surface area contributed by atoms with Crippen molar-refractivity contribution in [3.8, 4) is 0 Å². The number of piperidine rings is 1. The molecule has 0 radical (unpaired) electrons. The Morgan fingerprint density at radius 3 is 2.67 bits per heavy atom. The molecule has 0 unspecified atom stereocenters. The van der Waals surface area contributed by atoms with Crippen molar-refractivity contribution in [2.75, 3.05) is 18.4 Å². The number of hydrogen-bond acceptors (Lipinski definition) is 5. The summed E-state index contributed by atoms with van der Waals surface area (Å²) >= 11 is 0. The van der Waals surface area contributed by atoms with Crippen LogP contribution in [0.3, 0.4) is 0 Å². The summed E-state index contributed by atoms with van der Waals surface area (Å²) in [4.78, 5) is 14.1. The SMILES string of the molecule is CC(C)(C)Cc1ncc2nc(Nc3cccc(C(F)F)c3)n(C3CCNCC3)c2n1. The largest absolute Gasteiger partial charge is 0.326 e. The molecule has 0 amide bonds. The van der Waals surface area contributed by atoms with Crippen molar-refractivity contribution in [1.29, 1.82) is 0 Å². The first-order chi connectivity index (χ1) is 14.3. The van der Waals surface area contributed by atoms with E-state index < -0.39 is 6.43 Å². The molecule has 2 N–H and O–H groups in total. The first-order valence-electron chi connectivity index (χ1n) is 10.4. The third-order valence-electron chi connectivity index (χ3n) is 5.24. The first kappa shape index (κ1) is 20.7. The van der Waals surface area contributed by atoms with Gasteiger partial charge < -0.3 is 10.6 Å². The van der Waals surface area contributed by atoms with Crippen LogP contribution in [0.15, 0.2) is 30.5 Å². The first-order valence-corrected chi connectivity index (χ1v) is 10.4. The van der Waals surface area contributed by atoms with Gasteiger partial charge in [0.2, 0.25) is 5.95 Å². The lowest BCUT2D eigenvalue weighted by molar-refractivity contribution is 0.151. The molecule has 0 bridgehead atoms. The van der Waals surface area contributed by atoms with Crippen molar-refractivity contribution in [2.24, 2.45) is 5.41 Å². The van der Waals surface area contributed by atoms with Crippen molar-refractivity contribution in [3.05, 3.63) is 41.9 Å². The Morgan fingerprint density at radius 1 is 1.20 bits per heavy atom. The number of fused-ring (bicyclic) bond motifs is 1. The molecule has 30 heavy (non-hydrogen) atoms. The number of hydrogen-bond donors (Lipinski definition) is 2. The number of anilines is 2. The van der Waals surface area contributed by atoms with Crippen molar-refractivity contribution in [3.63, 3.8) is 0 Å². The summed E-state index contributed by atoms with van der Waals surface area (Å²) in [5.41, 5.74) is 2.14. The maximum absolute atomic E-state index is 13.1. The minimum atomic E-state index is -2.51. The number of nitrogens with zero attached hydrogens (tertiary/aromatic N) is 4. The lowest BCUT2D eigenvalue weighted by atomic mass is 9.92. The molecule has 3 aromatic rings. The second-order valence-corrected chi connectivity index (χ2v) is 9.07. The van der Waals surface area contributed by atoms with Crippen LogP contribution in [0.1, 0.15) is 57.5 Å². The summed E-state index contributed by atoms with van der Waals surface area (Å²) < 4.78 is 28.4. The van der Waals surface area contributed by atoms with Gasteiger partial charge in [-0.05, 0) is 43.5 Å². The lowest BCUT2D eigenvalue weighted by Crippen LogP contribution is -2.30. The second kappa shape index (κ2) is 8.26. The number of imidazole rings is 1. The van der Waals surface area contributed by atoms with E-state index in [0.29, 0.717) is 17.2 Å². The highest BCUT2D eigenvalue weighted by atomic mass is 19.3. The van der Waals surface area contributed by atoms with Gasteiger partial charge in [-0.15, -0.1) is 0 Å². The zero-order valence-electron chi connectivity index (χ0n) is 17.6. The van der Waals surface area contributed by atoms with Crippen LogP contribution in [0.4, 0.5) is 20.4 Å². The summed E-state index contributed by atoms with van der Waals surface area (Å²) in [5.74, 6) is 1.40. The molecule has 0 saturated carbocycles. The van der Waals surface area contributed by atoms with E-state index in [2.05, 4.69) is 41.0 Å². The predicted molar refractivity (Wildman–Crippen MR) is 114 cm³/mol. The zero-order valence-corrected chi connectivity index (χ0v) is 17.6. The highest BCUT2D eigenvalue weighted by molar-refractivity contribution is 5.75. The van der Waals surface area contributed by atoms with E-state index in [9.17, 15) is 8.78 Å². The maximum Gasteiger partial charge on any atom is 0.263 e. The molecule has 3 heterocycles. The van der Waals surface area contributed by atoms with Gasteiger partial charge in [0.1, 0.15) is 11.3 Å². The van der Waals surface area contributed by atoms with Gasteiger partial charge in [-0.2, -0.15) is 0 Å². The van der Waals surface area contributed by atoms with Gasteiger partial charge in [-0.3, -0.25) is 4.57 Å². The Balaban J connectivity index is 1.76. The van der Waals surface area contributed by atoms with Crippen LogP contribution in [-0.4, -0.2) is 32.6 Å². The van der Waals surface area contributed by atoms with Crippen molar-refractivity contribution < 1.29 is 8.78 Å². The Labute approximate surface area is 175 Å². The normalized spacial score (nSPS) is 15.8. The van der Waals surface area contributed by atoms with E-state index in [-0.39, 0.29) is 17.0 Å². The van der Waals surface area contributed by atoms with Gasteiger partial charge in [-0.25, -0.2) is 23.7 Å². The Hall–Kier alpha value is -2.61. The Kier molecular flexibility index (Phi) is 5.69. The summed E-state index contributed by atoms with van der Waals surface area (Å²) in [5, 5.41) is 6.64. The molecule has 0 aliphatic carbocycles. The number of halogens is 2. The fourth-order valence-electron chi connectivity index (χ4n) is 3.87. The summed E-state index contributed by atoms with van der Waals surface area (Å²) in [6, 6.07) is 6.52. The van der Waals surface area contributed by atoms with Gasteiger partial charge in [0.05, 0.1) is 6.20 Å². The number of benzene rings is 1. The molecule has 0 atom stereocenters. The molecule has 6 nitrogen and oxygen atoms in total. The van der Waals surface area contributed by atoms with Gasteiger partial charge in [0.15, 0.2) is 5.65 Å². The van der Waals surface area contributed by atoms with Crippen LogP contribution in [-0.2, 0) is 6.42 Å². The average molecular weight is 415 g/mol. The maximum atomic E-state index is 13.1. The van der Waals surface area contributed by atoms with E-state index in [1.165, 1.54) is 12.1 Å². The molecule has 1 fully saturated rings. The minimum absolute atomic E-state index is 0.0169. The van der Waals surface area contributed by atoms with Crippen LogP contribution in [0.5, 0.6) is 0 Å². The highest BCUT2D eigenvalue weighted by Gasteiger charge is 2.24. The van der Waals surface area contributed by atoms with Crippen molar-refractivity contribution in [2.45, 2.75) is 52.5 Å². The Bertz CT molecular complexity index is 1020. The smallest absolute Gasteiger partial charge is 0.263 e. The molecule has 1 aliphatic rings. The predicted octanol–water partition coefficient (Wildman–Crippen LogP) is 5.02. The fraction of sp³-hybridized carbons (Fsp3) is 0.500. The van der Waals surface area contributed by atoms with Crippen LogP contribution < -0.4 is 10.6 Å². The Morgan fingerprint density at radius 2 is 1.97 bits per heavy atom. The van der Waals surface area contributed by atoms with E-state index in [0.717, 1.165) is 43.8 Å². The minimum Gasteiger partial charge on any atom is -0.326 e. The zero-order chi connectivity index (χ0) is 21.3. The van der Waals surface area contributed by atoms with Gasteiger partial charge >= 0.3 is 0 Å². The van der Waals surface area contributed by atoms with E-state index in [4.69, 9.17) is 9.97 Å². The second-order valence-electron chi connectivity index (χ2n) is 9.07. The highest BCUT2D eigenvalue weighted by Crippen LogP contribution is 2.31. The summed E-state index contributed by atoms with van der Waals surface area (Å²) in [7, 11) is 0. The molecule has 1 aromatic carbocycles. The van der Waals surface area contributed by atoms with Gasteiger partial charge in [-0.1, -0.05) is 32.9 Å². The topological polar surface area (TPSA) is 67.7 Å². The van der Waals surface area contributed by atoms with Gasteiger partial charge in [0, 0.05) is 23.7 Å². The molecule has 0 spiro atoms. The number of alkyl halides is 2. The molecule has 160 valence electrons. The standard InChI is InChI=1S/C22H28F2N6/c1-22(2,3)12-18-26-13-17-20(29-18)30(16-7-9-25-10-8-16)21(28-17)27-15-6-4-5-14(11-15)19(23)24/h4-6,11,13,16,19,25H,7-10,12H2,1-3H3,(H,27,28). The van der Waals surface area contributed by atoms with E-state index in [1.807, 2.05) is 0 Å². The molecule has 2 aromatic heterocycles. The third-order valence-corrected chi connectivity index (χ3v) is 5.24. The molecule has 8 heteroatoms. The van der Waals surface area contributed by atoms with Crippen LogP contribution in [0.25, 0.3) is 11.2 Å². The van der Waals surface area contributed by atoms with Gasteiger partial charge in [0.25, 0.3) is 6.43 Å². The van der Waals surface area contributed by atoms with E-state index >= 15 is 0 Å². The number of aromatic nitrogens is 4. The van der Waals surface area contributed by atoms with Crippen molar-refractivity contribution >= 4 is 22.8 Å². The van der Waals surface area contributed by atoms with Crippen molar-refractivity contribution in [1.82, 2.24) is 24.8 Å². The summed E-state index contributed by atoms with van der Waals surface area (Å²) in [6.45, 7) is 8.32. The molecule has 1 aliphatic heterocycles. The summed E-state index contributed by atoms with van der Waals surface area (Å²) in [6.07, 6.45) is 1.92. The average Bonchev–Trinajstić information content (AvgIpc) is 3.04. The number of rotatable bonds is 5. The lowest BCUT2D eigenvalue weighted by Gasteiger charge is -2.26. The molecule has 4 rings (SSSR count). The van der Waals surface area contributed by atoms with Crippen LogP contribution in [0.2, 0.25) is 0 Å². The van der Waals surface area contributed by atoms with Crippen LogP contribution in [0, 0.1) is 5.41 Å². The molecular formula is C22H28F2N6. The monoisotopic (exact) mass is 414 g/mol.